The van der Waals surface area contributed by atoms with Crippen LogP contribution in [0.1, 0.15) is 21.7 Å². The first-order valence-electron chi connectivity index (χ1n) is 8.50. The molecule has 0 aliphatic carbocycles. The summed E-state index contributed by atoms with van der Waals surface area (Å²) in [7, 11) is 2.16. The number of nitrogens with zero attached hydrogens (tertiary/aromatic N) is 2. The topological polar surface area (TPSA) is 57.4 Å². The smallest absolute Gasteiger partial charge is 0.141 e. The molecule has 0 amide bonds. The maximum Gasteiger partial charge on any atom is 0.141 e. The Hall–Kier alpha value is -2.37. The monoisotopic (exact) mass is 350 g/mol. The van der Waals surface area contributed by atoms with Crippen molar-refractivity contribution in [3.63, 3.8) is 0 Å². The van der Waals surface area contributed by atoms with Gasteiger partial charge in [-0.3, -0.25) is 0 Å². The van der Waals surface area contributed by atoms with E-state index in [1.165, 1.54) is 21.4 Å². The Kier molecular flexibility index (Phi) is 4.19. The summed E-state index contributed by atoms with van der Waals surface area (Å²) < 4.78 is 0. The zero-order chi connectivity index (χ0) is 17.4. The lowest BCUT2D eigenvalue weighted by Crippen LogP contribution is -2.23. The number of hydrogen-bond acceptors (Lipinski definition) is 3. The number of likely N-dealkylation sites (N-methyl/N-ethyl adjacent to an activating group) is 1. The predicted octanol–water partition coefficient (Wildman–Crippen LogP) is 4.29. The Morgan fingerprint density at radius 3 is 2.88 bits per heavy atom. The molecule has 0 saturated carbocycles. The minimum absolute atomic E-state index is 0.577. The van der Waals surface area contributed by atoms with Crippen molar-refractivity contribution in [2.24, 2.45) is 10.7 Å². The maximum atomic E-state index is 6.19. The number of aryl methyl sites for hydroxylation is 1. The van der Waals surface area contributed by atoms with Crippen LogP contribution < -0.4 is 5.73 Å². The number of nitrogens with two attached hydrogens (primary N) is 1. The largest absolute Gasteiger partial charge is 0.383 e. The second-order valence-corrected chi connectivity index (χ2v) is 7.87. The Labute approximate surface area is 151 Å². The fraction of sp³-hybridized carbons (Fsp3) is 0.250. The molecule has 4 nitrogen and oxygen atoms in total. The Balaban J connectivity index is 1.71. The summed E-state index contributed by atoms with van der Waals surface area (Å²) in [6, 6.07) is 10.3. The molecule has 0 spiro atoms. The van der Waals surface area contributed by atoms with E-state index in [2.05, 4.69) is 59.3 Å². The van der Waals surface area contributed by atoms with Crippen LogP contribution in [-0.4, -0.2) is 35.9 Å². The molecule has 0 atom stereocenters. The van der Waals surface area contributed by atoms with Crippen LogP contribution in [0.3, 0.4) is 0 Å². The third-order valence-electron chi connectivity index (χ3n) is 4.67. The summed E-state index contributed by atoms with van der Waals surface area (Å²) in [5.74, 6) is 0.577. The summed E-state index contributed by atoms with van der Waals surface area (Å²) in [4.78, 5) is 12.6. The summed E-state index contributed by atoms with van der Waals surface area (Å²) >= 11 is 1.67. The molecule has 0 unspecified atom stereocenters. The number of nitrogens with one attached hydrogen (secondary N) is 1. The van der Waals surface area contributed by atoms with Gasteiger partial charge in [-0.2, -0.15) is 0 Å². The minimum atomic E-state index is 0.577. The number of H-pyrrole nitrogens is 1. The molecule has 0 radical (unpaired) electrons. The second kappa shape index (κ2) is 6.50. The van der Waals surface area contributed by atoms with E-state index in [9.17, 15) is 0 Å². The van der Waals surface area contributed by atoms with Gasteiger partial charge in [0.2, 0.25) is 0 Å². The van der Waals surface area contributed by atoms with Crippen molar-refractivity contribution in [3.8, 4) is 0 Å². The van der Waals surface area contributed by atoms with Crippen LogP contribution in [0.25, 0.3) is 16.5 Å². The molecule has 3 N–H and O–H groups in total. The molecule has 25 heavy (non-hydrogen) atoms. The lowest BCUT2D eigenvalue weighted by molar-refractivity contribution is 0.370. The van der Waals surface area contributed by atoms with Crippen molar-refractivity contribution in [1.82, 2.24) is 9.88 Å². The molecule has 0 fully saturated rings. The van der Waals surface area contributed by atoms with E-state index in [1.54, 1.807) is 11.3 Å². The average molecular weight is 350 g/mol. The van der Waals surface area contributed by atoms with Crippen LogP contribution in [0.2, 0.25) is 0 Å². The molecule has 128 valence electrons. The zero-order valence-corrected chi connectivity index (χ0v) is 15.4. The number of thiophene rings is 1. The molecule has 1 aliphatic rings. The van der Waals surface area contributed by atoms with E-state index in [0.29, 0.717) is 5.84 Å². The SMILES string of the molecule is Cc1ccc(C(N)=Nc2ccc3[nH]cc(C4=CCN(C)CC4)c3c2)s1. The van der Waals surface area contributed by atoms with E-state index in [1.807, 2.05) is 12.1 Å². The molecule has 1 aliphatic heterocycles. The Morgan fingerprint density at radius 1 is 1.28 bits per heavy atom. The Bertz CT molecular complexity index is 977. The van der Waals surface area contributed by atoms with Crippen LogP contribution in [-0.2, 0) is 0 Å². The first-order valence-corrected chi connectivity index (χ1v) is 9.32. The predicted molar refractivity (Wildman–Crippen MR) is 108 cm³/mol. The highest BCUT2D eigenvalue weighted by atomic mass is 32.1. The number of hydrogen-bond donors (Lipinski definition) is 2. The van der Waals surface area contributed by atoms with Gasteiger partial charge in [0.25, 0.3) is 0 Å². The van der Waals surface area contributed by atoms with Gasteiger partial charge in [-0.1, -0.05) is 6.08 Å². The van der Waals surface area contributed by atoms with Crippen LogP contribution >= 0.6 is 11.3 Å². The Morgan fingerprint density at radius 2 is 2.16 bits per heavy atom. The number of benzene rings is 1. The number of amidine groups is 1. The molecule has 2 aromatic heterocycles. The number of fused-ring (bicyclic) bond motifs is 1. The highest BCUT2D eigenvalue weighted by molar-refractivity contribution is 7.14. The van der Waals surface area contributed by atoms with Crippen LogP contribution in [0, 0.1) is 6.92 Å². The third-order valence-corrected chi connectivity index (χ3v) is 5.69. The summed E-state index contributed by atoms with van der Waals surface area (Å²) in [5.41, 5.74) is 10.9. The summed E-state index contributed by atoms with van der Waals surface area (Å²) in [6.07, 6.45) is 5.51. The number of aromatic amines is 1. The highest BCUT2D eigenvalue weighted by Crippen LogP contribution is 2.31. The summed E-state index contributed by atoms with van der Waals surface area (Å²) in [5, 5.41) is 1.22. The molecule has 1 aromatic carbocycles. The van der Waals surface area contributed by atoms with Gasteiger partial charge in [0.15, 0.2) is 0 Å². The van der Waals surface area contributed by atoms with Gasteiger partial charge in [-0.15, -0.1) is 11.3 Å². The third kappa shape index (κ3) is 3.25. The lowest BCUT2D eigenvalue weighted by atomic mass is 9.99. The van der Waals surface area contributed by atoms with Crippen LogP contribution in [0.5, 0.6) is 0 Å². The molecule has 3 aromatic rings. The van der Waals surface area contributed by atoms with Crippen molar-refractivity contribution in [2.45, 2.75) is 13.3 Å². The fourth-order valence-corrected chi connectivity index (χ4v) is 3.99. The molecule has 4 rings (SSSR count). The molecule has 0 saturated heterocycles. The average Bonchev–Trinajstić information content (AvgIpc) is 3.22. The van der Waals surface area contributed by atoms with E-state index < -0.39 is 0 Å². The normalized spacial score (nSPS) is 16.4. The van der Waals surface area contributed by atoms with Gasteiger partial charge in [0.05, 0.1) is 10.6 Å². The van der Waals surface area contributed by atoms with Gasteiger partial charge >= 0.3 is 0 Å². The van der Waals surface area contributed by atoms with Crippen molar-refractivity contribution in [1.29, 1.82) is 0 Å². The highest BCUT2D eigenvalue weighted by Gasteiger charge is 2.14. The number of rotatable bonds is 3. The van der Waals surface area contributed by atoms with Gasteiger partial charge in [0.1, 0.15) is 5.84 Å². The quantitative estimate of drug-likeness (QED) is 0.547. The first kappa shape index (κ1) is 16.1. The van der Waals surface area contributed by atoms with Crippen LogP contribution in [0.15, 0.2) is 47.6 Å². The van der Waals surface area contributed by atoms with Gasteiger partial charge < -0.3 is 15.6 Å². The molecular formula is C20H22N4S. The van der Waals surface area contributed by atoms with Crippen molar-refractivity contribution >= 4 is 39.3 Å². The van der Waals surface area contributed by atoms with E-state index in [0.717, 1.165) is 35.6 Å². The van der Waals surface area contributed by atoms with Gasteiger partial charge in [-0.05, 0) is 56.3 Å². The molecule has 3 heterocycles. The van der Waals surface area contributed by atoms with Gasteiger partial charge in [-0.25, -0.2) is 4.99 Å². The lowest BCUT2D eigenvalue weighted by Gasteiger charge is -2.21. The first-order chi connectivity index (χ1) is 12.1. The zero-order valence-electron chi connectivity index (χ0n) is 14.5. The van der Waals surface area contributed by atoms with Gasteiger partial charge in [0, 0.05) is 40.6 Å². The minimum Gasteiger partial charge on any atom is -0.383 e. The fourth-order valence-electron chi connectivity index (χ4n) is 3.23. The van der Waals surface area contributed by atoms with E-state index in [4.69, 9.17) is 5.73 Å². The van der Waals surface area contributed by atoms with Crippen molar-refractivity contribution in [3.05, 3.63) is 57.9 Å². The number of aromatic nitrogens is 1. The summed E-state index contributed by atoms with van der Waals surface area (Å²) in [6.45, 7) is 4.18. The van der Waals surface area contributed by atoms with E-state index >= 15 is 0 Å². The molecule has 0 bridgehead atoms. The van der Waals surface area contributed by atoms with Crippen molar-refractivity contribution in [2.75, 3.05) is 20.1 Å². The second-order valence-electron chi connectivity index (χ2n) is 6.58. The van der Waals surface area contributed by atoms with E-state index in [-0.39, 0.29) is 0 Å². The molecular weight excluding hydrogens is 328 g/mol. The maximum absolute atomic E-state index is 6.19. The standard InChI is InChI=1S/C20H22N4S/c1-13-3-6-19(25-13)20(21)23-15-4-5-18-16(11-15)17(12-22-18)14-7-9-24(2)10-8-14/h3-7,11-12,22H,8-10H2,1-2H3,(H2,21,23). The van der Waals surface area contributed by atoms with Crippen LogP contribution in [0.4, 0.5) is 5.69 Å². The number of aliphatic imine (C=N–C) groups is 1. The molecule has 5 heteroatoms. The van der Waals surface area contributed by atoms with Crippen molar-refractivity contribution < 1.29 is 0 Å².